The zero-order valence-corrected chi connectivity index (χ0v) is 25.0. The molecule has 4 aromatic heterocycles. The molecule has 0 saturated heterocycles. The molecule has 0 aliphatic carbocycles. The lowest BCUT2D eigenvalue weighted by Crippen LogP contribution is -1.88. The molecule has 4 rings (SSSR count). The van der Waals surface area contributed by atoms with Gasteiger partial charge < -0.3 is 0 Å². The summed E-state index contributed by atoms with van der Waals surface area (Å²) in [6.07, 6.45) is 22.6. The summed E-state index contributed by atoms with van der Waals surface area (Å²) in [6, 6.07) is 13.3. The Morgan fingerprint density at radius 1 is 0.526 bits per heavy atom. The van der Waals surface area contributed by atoms with E-state index in [9.17, 15) is 0 Å². The lowest BCUT2D eigenvalue weighted by molar-refractivity contribution is 0.608. The van der Waals surface area contributed by atoms with Gasteiger partial charge in [0, 0.05) is 33.3 Å². The maximum Gasteiger partial charge on any atom is 0.0886 e. The molecule has 0 bridgehead atoms. The first kappa shape index (κ1) is 28.7. The van der Waals surface area contributed by atoms with E-state index in [1.54, 1.807) is 0 Å². The zero-order valence-electron chi connectivity index (χ0n) is 23.4. The van der Waals surface area contributed by atoms with E-state index in [4.69, 9.17) is 9.97 Å². The first-order valence-corrected chi connectivity index (χ1v) is 16.6. The van der Waals surface area contributed by atoms with Crippen LogP contribution < -0.4 is 0 Å². The molecule has 0 N–H and O–H groups in total. The predicted molar refractivity (Wildman–Crippen MR) is 168 cm³/mol. The highest BCUT2D eigenvalue weighted by molar-refractivity contribution is 7.14. The SMILES string of the molecule is CCCCCCCCc1csc(-c2ccc(-c3ccc(-c4cc(CCCCCCCC)cs4)cn3)nc2)c1. The van der Waals surface area contributed by atoms with Gasteiger partial charge in [-0.25, -0.2) is 0 Å². The highest BCUT2D eigenvalue weighted by Crippen LogP contribution is 2.31. The Hall–Kier alpha value is -2.30. The van der Waals surface area contributed by atoms with E-state index in [1.165, 1.54) is 122 Å². The molecule has 4 heteroatoms. The lowest BCUT2D eigenvalue weighted by Gasteiger charge is -2.03. The Morgan fingerprint density at radius 3 is 1.34 bits per heavy atom. The number of aromatic nitrogens is 2. The molecule has 0 saturated carbocycles. The number of aryl methyl sites for hydroxylation is 2. The Morgan fingerprint density at radius 2 is 0.947 bits per heavy atom. The highest BCUT2D eigenvalue weighted by atomic mass is 32.1. The number of unbranched alkanes of at least 4 members (excludes halogenated alkanes) is 10. The minimum absolute atomic E-state index is 0.930. The Balaban J connectivity index is 1.27. The predicted octanol–water partition coefficient (Wildman–Crippen LogP) is 11.4. The van der Waals surface area contributed by atoms with Gasteiger partial charge >= 0.3 is 0 Å². The molecule has 2 nitrogen and oxygen atoms in total. The molecule has 0 amide bonds. The van der Waals surface area contributed by atoms with E-state index in [0.717, 1.165) is 11.4 Å². The molecule has 0 aliphatic rings. The van der Waals surface area contributed by atoms with Crippen molar-refractivity contribution in [3.8, 4) is 32.3 Å². The van der Waals surface area contributed by atoms with Crippen molar-refractivity contribution in [2.24, 2.45) is 0 Å². The minimum atomic E-state index is 0.930. The van der Waals surface area contributed by atoms with Crippen molar-refractivity contribution < 1.29 is 0 Å². The monoisotopic (exact) mass is 544 g/mol. The van der Waals surface area contributed by atoms with Crippen molar-refractivity contribution in [3.05, 3.63) is 70.7 Å². The summed E-state index contributed by atoms with van der Waals surface area (Å²) in [5.41, 5.74) is 7.18. The largest absolute Gasteiger partial charge is 0.254 e. The molecule has 38 heavy (non-hydrogen) atoms. The smallest absolute Gasteiger partial charge is 0.0886 e. The van der Waals surface area contributed by atoms with E-state index in [1.807, 2.05) is 35.1 Å². The molecule has 4 heterocycles. The zero-order chi connectivity index (χ0) is 26.4. The van der Waals surface area contributed by atoms with Gasteiger partial charge in [0.2, 0.25) is 0 Å². The van der Waals surface area contributed by atoms with E-state index in [0.29, 0.717) is 0 Å². The summed E-state index contributed by atoms with van der Waals surface area (Å²) in [5, 5.41) is 4.64. The third-order valence-corrected chi connectivity index (χ3v) is 9.36. The van der Waals surface area contributed by atoms with Crippen LogP contribution in [0.4, 0.5) is 0 Å². The van der Waals surface area contributed by atoms with Crippen molar-refractivity contribution in [1.82, 2.24) is 9.97 Å². The third-order valence-electron chi connectivity index (χ3n) is 7.30. The maximum absolute atomic E-state index is 4.75. The van der Waals surface area contributed by atoms with E-state index < -0.39 is 0 Å². The molecular weight excluding hydrogens is 501 g/mol. The number of hydrogen-bond donors (Lipinski definition) is 0. The summed E-state index contributed by atoms with van der Waals surface area (Å²) < 4.78 is 0. The molecule has 4 aromatic rings. The number of hydrogen-bond acceptors (Lipinski definition) is 4. The van der Waals surface area contributed by atoms with Crippen molar-refractivity contribution in [2.75, 3.05) is 0 Å². The Bertz CT molecular complexity index is 1090. The molecule has 0 aromatic carbocycles. The minimum Gasteiger partial charge on any atom is -0.254 e. The van der Waals surface area contributed by atoms with Crippen LogP contribution in [-0.4, -0.2) is 9.97 Å². The molecule has 0 aliphatic heterocycles. The van der Waals surface area contributed by atoms with Crippen molar-refractivity contribution in [1.29, 1.82) is 0 Å². The topological polar surface area (TPSA) is 25.8 Å². The van der Waals surface area contributed by atoms with Gasteiger partial charge in [0.25, 0.3) is 0 Å². The van der Waals surface area contributed by atoms with Gasteiger partial charge in [-0.05, 0) is 84.0 Å². The molecule has 202 valence electrons. The molecule has 0 radical (unpaired) electrons. The Labute approximate surface area is 238 Å². The number of thiophene rings is 2. The lowest BCUT2D eigenvalue weighted by atomic mass is 10.1. The normalized spacial score (nSPS) is 11.3. The van der Waals surface area contributed by atoms with Crippen LogP contribution in [0, 0.1) is 0 Å². The molecule has 0 spiro atoms. The van der Waals surface area contributed by atoms with Gasteiger partial charge in [0.1, 0.15) is 0 Å². The third kappa shape index (κ3) is 8.88. The second-order valence-electron chi connectivity index (χ2n) is 10.5. The summed E-state index contributed by atoms with van der Waals surface area (Å²) in [5.74, 6) is 0. The first-order chi connectivity index (χ1) is 18.8. The molecular formula is C34H44N2S2. The second-order valence-corrected chi connectivity index (χ2v) is 12.4. The van der Waals surface area contributed by atoms with Crippen molar-refractivity contribution in [3.63, 3.8) is 0 Å². The first-order valence-electron chi connectivity index (χ1n) is 14.8. The van der Waals surface area contributed by atoms with Gasteiger partial charge in [-0.1, -0.05) is 78.1 Å². The average molecular weight is 545 g/mol. The van der Waals surface area contributed by atoms with Crippen molar-refractivity contribution in [2.45, 2.75) is 104 Å². The van der Waals surface area contributed by atoms with Crippen LogP contribution in [0.15, 0.2) is 59.6 Å². The summed E-state index contributed by atoms with van der Waals surface area (Å²) in [6.45, 7) is 4.55. The fraction of sp³-hybridized carbons (Fsp3) is 0.471. The van der Waals surface area contributed by atoms with Gasteiger partial charge in [-0.2, -0.15) is 0 Å². The fourth-order valence-electron chi connectivity index (χ4n) is 4.92. The van der Waals surface area contributed by atoms with Crippen LogP contribution in [0.3, 0.4) is 0 Å². The van der Waals surface area contributed by atoms with Crippen molar-refractivity contribution >= 4 is 22.7 Å². The second kappa shape index (κ2) is 16.0. The number of pyridine rings is 2. The summed E-state index contributed by atoms with van der Waals surface area (Å²) in [4.78, 5) is 12.1. The quantitative estimate of drug-likeness (QED) is 0.124. The standard InChI is InChI=1S/C34H44N2S2/c1-3-5-7-9-11-13-15-27-21-33(37-25-27)29-17-19-31(35-23-29)32-20-18-30(24-36-32)34-22-28(26-38-34)16-14-12-10-8-6-4-2/h17-26H,3-16H2,1-2H3. The van der Waals surface area contributed by atoms with Crippen LogP contribution >= 0.6 is 22.7 Å². The van der Waals surface area contributed by atoms with Gasteiger partial charge in [0.15, 0.2) is 0 Å². The highest BCUT2D eigenvalue weighted by Gasteiger charge is 2.08. The van der Waals surface area contributed by atoms with Gasteiger partial charge in [-0.3, -0.25) is 9.97 Å². The number of nitrogens with zero attached hydrogens (tertiary/aromatic N) is 2. The van der Waals surface area contributed by atoms with Crippen LogP contribution in [0.2, 0.25) is 0 Å². The molecule has 0 unspecified atom stereocenters. The van der Waals surface area contributed by atoms with E-state index in [-0.39, 0.29) is 0 Å². The van der Waals surface area contributed by atoms with Gasteiger partial charge in [0.05, 0.1) is 11.4 Å². The average Bonchev–Trinajstić information content (AvgIpc) is 3.63. The van der Waals surface area contributed by atoms with Crippen LogP contribution in [0.5, 0.6) is 0 Å². The Kier molecular flexibility index (Phi) is 12.1. The molecule has 0 fully saturated rings. The molecule has 0 atom stereocenters. The van der Waals surface area contributed by atoms with E-state index >= 15 is 0 Å². The summed E-state index contributed by atoms with van der Waals surface area (Å²) in [7, 11) is 0. The fourth-order valence-corrected chi connectivity index (χ4v) is 6.80. The van der Waals surface area contributed by atoms with Crippen LogP contribution in [0.25, 0.3) is 32.3 Å². The maximum atomic E-state index is 4.75. The van der Waals surface area contributed by atoms with Crippen LogP contribution in [0.1, 0.15) is 102 Å². The van der Waals surface area contributed by atoms with Gasteiger partial charge in [-0.15, -0.1) is 22.7 Å². The number of rotatable bonds is 17. The van der Waals surface area contributed by atoms with E-state index in [2.05, 4.69) is 61.0 Å². The van der Waals surface area contributed by atoms with Crippen LogP contribution in [-0.2, 0) is 12.8 Å². The summed E-state index contributed by atoms with van der Waals surface area (Å²) >= 11 is 3.66.